The number of rotatable bonds is 5. The zero-order valence-corrected chi connectivity index (χ0v) is 18.3. The number of hydrogen-bond donors (Lipinski definition) is 0. The van der Waals surface area contributed by atoms with Crippen molar-refractivity contribution in [3.05, 3.63) is 35.4 Å². The minimum atomic E-state index is 0.0392. The van der Waals surface area contributed by atoms with Gasteiger partial charge in [0, 0.05) is 17.7 Å². The van der Waals surface area contributed by atoms with Crippen LogP contribution in [0.5, 0.6) is 0 Å². The summed E-state index contributed by atoms with van der Waals surface area (Å²) in [6.45, 7) is 12.2. The Hall–Kier alpha value is -0.900. The van der Waals surface area contributed by atoms with E-state index in [0.717, 1.165) is 19.4 Å². The van der Waals surface area contributed by atoms with E-state index in [4.69, 9.17) is 9.57 Å². The zero-order chi connectivity index (χ0) is 19.7. The van der Waals surface area contributed by atoms with Crippen LogP contribution >= 0.6 is 0 Å². The van der Waals surface area contributed by atoms with Gasteiger partial charge in [-0.3, -0.25) is 0 Å². The Morgan fingerprint density at radius 1 is 0.852 bits per heavy atom. The summed E-state index contributed by atoms with van der Waals surface area (Å²) in [6, 6.07) is 9.57. The SMILES string of the molecule is CCOC1CCC(c2ccc(C3CC(C)(C)N(OC)C(C)(C)C3)cc2)CC1. The van der Waals surface area contributed by atoms with Gasteiger partial charge in [-0.1, -0.05) is 24.3 Å². The maximum Gasteiger partial charge on any atom is 0.0575 e. The number of ether oxygens (including phenoxy) is 1. The van der Waals surface area contributed by atoms with Crippen LogP contribution in [0.4, 0.5) is 0 Å². The van der Waals surface area contributed by atoms with Crippen molar-refractivity contribution in [2.45, 2.75) is 102 Å². The molecule has 27 heavy (non-hydrogen) atoms. The first-order valence-corrected chi connectivity index (χ1v) is 10.8. The molecule has 3 rings (SSSR count). The van der Waals surface area contributed by atoms with Gasteiger partial charge in [-0.05, 0) is 96.1 Å². The molecule has 1 heterocycles. The van der Waals surface area contributed by atoms with E-state index in [2.05, 4.69) is 63.9 Å². The Balaban J connectivity index is 1.67. The van der Waals surface area contributed by atoms with Gasteiger partial charge in [0.25, 0.3) is 0 Å². The van der Waals surface area contributed by atoms with Gasteiger partial charge in [-0.25, -0.2) is 0 Å². The Labute approximate surface area is 166 Å². The summed E-state index contributed by atoms with van der Waals surface area (Å²) in [5.41, 5.74) is 3.08. The highest BCUT2D eigenvalue weighted by molar-refractivity contribution is 5.29. The molecule has 3 nitrogen and oxygen atoms in total. The van der Waals surface area contributed by atoms with E-state index in [0.29, 0.717) is 17.9 Å². The van der Waals surface area contributed by atoms with Crippen LogP contribution in [-0.2, 0) is 9.57 Å². The first-order chi connectivity index (χ1) is 12.8. The Bertz CT molecular complexity index is 581. The van der Waals surface area contributed by atoms with Gasteiger partial charge in [-0.15, -0.1) is 0 Å². The minimum Gasteiger partial charge on any atom is -0.379 e. The maximum absolute atomic E-state index is 5.81. The maximum atomic E-state index is 5.81. The van der Waals surface area contributed by atoms with E-state index in [1.165, 1.54) is 36.8 Å². The number of nitrogens with zero attached hydrogens (tertiary/aromatic N) is 1. The van der Waals surface area contributed by atoms with Gasteiger partial charge in [0.1, 0.15) is 0 Å². The molecule has 3 heteroatoms. The van der Waals surface area contributed by atoms with E-state index >= 15 is 0 Å². The molecule has 0 unspecified atom stereocenters. The van der Waals surface area contributed by atoms with Crippen molar-refractivity contribution in [1.29, 1.82) is 0 Å². The monoisotopic (exact) mass is 373 g/mol. The summed E-state index contributed by atoms with van der Waals surface area (Å²) in [4.78, 5) is 5.75. The van der Waals surface area contributed by atoms with Crippen molar-refractivity contribution in [2.24, 2.45) is 0 Å². The lowest BCUT2D eigenvalue weighted by molar-refractivity contribution is -0.266. The van der Waals surface area contributed by atoms with Gasteiger partial charge in [-0.2, -0.15) is 5.06 Å². The number of piperidine rings is 1. The molecule has 1 aromatic rings. The molecule has 0 N–H and O–H groups in total. The Kier molecular flexibility index (Phi) is 6.34. The first-order valence-electron chi connectivity index (χ1n) is 10.8. The highest BCUT2D eigenvalue weighted by Gasteiger charge is 2.46. The smallest absolute Gasteiger partial charge is 0.0575 e. The van der Waals surface area contributed by atoms with E-state index in [-0.39, 0.29) is 11.1 Å². The average Bonchev–Trinajstić information content (AvgIpc) is 2.61. The van der Waals surface area contributed by atoms with Crippen molar-refractivity contribution >= 4 is 0 Å². The Morgan fingerprint density at radius 3 is 1.78 bits per heavy atom. The van der Waals surface area contributed by atoms with E-state index in [1.54, 1.807) is 7.11 Å². The average molecular weight is 374 g/mol. The summed E-state index contributed by atoms with van der Waals surface area (Å²) >= 11 is 0. The van der Waals surface area contributed by atoms with Crippen LogP contribution in [0, 0.1) is 0 Å². The predicted molar refractivity (Wildman–Crippen MR) is 112 cm³/mol. The topological polar surface area (TPSA) is 21.7 Å². The third-order valence-corrected chi connectivity index (χ3v) is 6.73. The van der Waals surface area contributed by atoms with Crippen LogP contribution < -0.4 is 0 Å². The highest BCUT2D eigenvalue weighted by Crippen LogP contribution is 2.46. The molecular weight excluding hydrogens is 334 g/mol. The minimum absolute atomic E-state index is 0.0392. The molecule has 2 aliphatic rings. The van der Waals surface area contributed by atoms with E-state index in [1.807, 2.05) is 0 Å². The van der Waals surface area contributed by atoms with Crippen molar-refractivity contribution in [1.82, 2.24) is 5.06 Å². The van der Waals surface area contributed by atoms with Crippen molar-refractivity contribution in [3.63, 3.8) is 0 Å². The molecule has 0 amide bonds. The molecule has 1 saturated carbocycles. The van der Waals surface area contributed by atoms with Gasteiger partial charge >= 0.3 is 0 Å². The molecule has 0 spiro atoms. The van der Waals surface area contributed by atoms with Crippen molar-refractivity contribution in [3.8, 4) is 0 Å². The molecular formula is C24H39NO2. The van der Waals surface area contributed by atoms with E-state index in [9.17, 15) is 0 Å². The van der Waals surface area contributed by atoms with Crippen LogP contribution in [0.25, 0.3) is 0 Å². The number of hydrogen-bond acceptors (Lipinski definition) is 3. The molecule has 1 aromatic carbocycles. The third kappa shape index (κ3) is 4.58. The van der Waals surface area contributed by atoms with Gasteiger partial charge in [0.15, 0.2) is 0 Å². The standard InChI is InChI=1S/C24H39NO2/c1-7-27-22-14-12-19(13-15-22)18-8-10-20(11-9-18)21-16-23(2,3)25(26-6)24(4,5)17-21/h8-11,19,21-22H,7,12-17H2,1-6H3. The fourth-order valence-corrected chi connectivity index (χ4v) is 5.83. The largest absolute Gasteiger partial charge is 0.379 e. The molecule has 2 fully saturated rings. The molecule has 0 atom stereocenters. The van der Waals surface area contributed by atoms with Crippen LogP contribution in [-0.4, -0.2) is 36.0 Å². The molecule has 0 bridgehead atoms. The summed E-state index contributed by atoms with van der Waals surface area (Å²) in [5.74, 6) is 1.29. The number of benzene rings is 1. The molecule has 152 valence electrons. The second kappa shape index (κ2) is 8.23. The van der Waals surface area contributed by atoms with Crippen molar-refractivity contribution < 1.29 is 9.57 Å². The highest BCUT2D eigenvalue weighted by atomic mass is 16.7. The predicted octanol–water partition coefficient (Wildman–Crippen LogP) is 6.05. The lowest BCUT2D eigenvalue weighted by atomic mass is 9.72. The van der Waals surface area contributed by atoms with Crippen LogP contribution in [0.3, 0.4) is 0 Å². The first kappa shape index (κ1) is 20.8. The number of hydroxylamine groups is 2. The molecule has 1 aliphatic carbocycles. The summed E-state index contributed by atoms with van der Waals surface area (Å²) in [5, 5.41) is 2.20. The van der Waals surface area contributed by atoms with Crippen LogP contribution in [0.1, 0.15) is 96.1 Å². The van der Waals surface area contributed by atoms with Crippen LogP contribution in [0.15, 0.2) is 24.3 Å². The van der Waals surface area contributed by atoms with Gasteiger partial charge < -0.3 is 9.57 Å². The lowest BCUT2D eigenvalue weighted by Crippen LogP contribution is -2.59. The summed E-state index contributed by atoms with van der Waals surface area (Å²) in [7, 11) is 1.80. The lowest BCUT2D eigenvalue weighted by Gasteiger charge is -2.53. The second-order valence-corrected chi connectivity index (χ2v) is 9.80. The molecule has 0 radical (unpaired) electrons. The fraction of sp³-hybridized carbons (Fsp3) is 0.750. The fourth-order valence-electron chi connectivity index (χ4n) is 5.83. The third-order valence-electron chi connectivity index (χ3n) is 6.73. The van der Waals surface area contributed by atoms with Gasteiger partial charge in [0.2, 0.25) is 0 Å². The zero-order valence-electron chi connectivity index (χ0n) is 18.3. The second-order valence-electron chi connectivity index (χ2n) is 9.80. The molecule has 1 saturated heterocycles. The van der Waals surface area contributed by atoms with E-state index < -0.39 is 0 Å². The van der Waals surface area contributed by atoms with Crippen molar-refractivity contribution in [2.75, 3.05) is 13.7 Å². The molecule has 0 aromatic heterocycles. The summed E-state index contributed by atoms with van der Waals surface area (Å²) < 4.78 is 5.81. The summed E-state index contributed by atoms with van der Waals surface area (Å²) in [6.07, 6.45) is 7.68. The quantitative estimate of drug-likeness (QED) is 0.627. The molecule has 1 aliphatic heterocycles. The normalized spacial score (nSPS) is 29.0. The van der Waals surface area contributed by atoms with Gasteiger partial charge in [0.05, 0.1) is 13.2 Å². The Morgan fingerprint density at radius 2 is 1.33 bits per heavy atom. The van der Waals surface area contributed by atoms with Crippen LogP contribution in [0.2, 0.25) is 0 Å².